The van der Waals surface area contributed by atoms with Crippen LogP contribution < -0.4 is 5.32 Å². The van der Waals surface area contributed by atoms with Crippen LogP contribution in [0.4, 0.5) is 0 Å². The van der Waals surface area contributed by atoms with Crippen LogP contribution in [0.2, 0.25) is 5.02 Å². The number of benzene rings is 3. The van der Waals surface area contributed by atoms with Gasteiger partial charge in [0, 0.05) is 37.0 Å². The third-order valence-corrected chi connectivity index (χ3v) is 7.59. The van der Waals surface area contributed by atoms with Gasteiger partial charge in [-0.3, -0.25) is 24.1 Å². The summed E-state index contributed by atoms with van der Waals surface area (Å²) in [4.78, 5) is 55.7. The van der Waals surface area contributed by atoms with Gasteiger partial charge in [0.15, 0.2) is 0 Å². The lowest BCUT2D eigenvalue weighted by atomic mass is 10.0. The van der Waals surface area contributed by atoms with Gasteiger partial charge in [-0.2, -0.15) is 0 Å². The van der Waals surface area contributed by atoms with E-state index in [4.69, 9.17) is 11.6 Å². The number of halogens is 1. The molecule has 4 rings (SSSR count). The standard InChI is InChI=1S/C32H34ClN3O4/c1-3-22(2)34-30(38)28(20-23-12-5-4-6-13-23)36(21-24-14-7-10-17-27(24)33)29(37)18-11-19-35-31(39)25-15-8-9-16-26(25)32(35)40/h4-10,12-17,22,28H,3,11,18-21H2,1-2H3,(H,34,38)/t22-,28-/m0/s1. The molecule has 1 N–H and O–H groups in total. The lowest BCUT2D eigenvalue weighted by molar-refractivity contribution is -0.141. The van der Waals surface area contributed by atoms with Gasteiger partial charge in [0.05, 0.1) is 11.1 Å². The van der Waals surface area contributed by atoms with Crippen molar-refractivity contribution in [2.75, 3.05) is 6.54 Å². The summed E-state index contributed by atoms with van der Waals surface area (Å²) in [6.45, 7) is 4.18. The van der Waals surface area contributed by atoms with Crippen LogP contribution in [-0.2, 0) is 22.6 Å². The molecule has 8 heteroatoms. The molecular formula is C32H34ClN3O4. The Morgan fingerprint density at radius 3 is 2.12 bits per heavy atom. The fraction of sp³-hybridized carbons (Fsp3) is 0.312. The van der Waals surface area contributed by atoms with Crippen LogP contribution in [-0.4, -0.2) is 52.1 Å². The van der Waals surface area contributed by atoms with Crippen LogP contribution in [0.15, 0.2) is 78.9 Å². The first-order chi connectivity index (χ1) is 19.3. The van der Waals surface area contributed by atoms with Crippen molar-refractivity contribution in [1.29, 1.82) is 0 Å². The van der Waals surface area contributed by atoms with Gasteiger partial charge in [-0.1, -0.05) is 79.2 Å². The summed E-state index contributed by atoms with van der Waals surface area (Å²) >= 11 is 6.47. The van der Waals surface area contributed by atoms with E-state index in [0.29, 0.717) is 22.6 Å². The summed E-state index contributed by atoms with van der Waals surface area (Å²) in [7, 11) is 0. The van der Waals surface area contributed by atoms with E-state index in [2.05, 4.69) is 5.32 Å². The molecule has 0 fully saturated rings. The molecular weight excluding hydrogens is 526 g/mol. The van der Waals surface area contributed by atoms with E-state index in [1.54, 1.807) is 35.2 Å². The minimum Gasteiger partial charge on any atom is -0.352 e. The van der Waals surface area contributed by atoms with Crippen molar-refractivity contribution < 1.29 is 19.2 Å². The van der Waals surface area contributed by atoms with Gasteiger partial charge in [0.25, 0.3) is 11.8 Å². The zero-order valence-electron chi connectivity index (χ0n) is 22.8. The summed E-state index contributed by atoms with van der Waals surface area (Å²) in [6.07, 6.45) is 1.41. The summed E-state index contributed by atoms with van der Waals surface area (Å²) < 4.78 is 0. The number of nitrogens with one attached hydrogen (secondary N) is 1. The van der Waals surface area contributed by atoms with Crippen molar-refractivity contribution in [2.24, 2.45) is 0 Å². The number of nitrogens with zero attached hydrogens (tertiary/aromatic N) is 2. The molecule has 0 saturated carbocycles. The second-order valence-corrected chi connectivity index (χ2v) is 10.5. The predicted molar refractivity (Wildman–Crippen MR) is 155 cm³/mol. The molecule has 3 aromatic carbocycles. The Kier molecular flexibility index (Phi) is 9.72. The highest BCUT2D eigenvalue weighted by atomic mass is 35.5. The van der Waals surface area contributed by atoms with Gasteiger partial charge < -0.3 is 10.2 Å². The molecule has 0 spiro atoms. The molecule has 1 aliphatic heterocycles. The van der Waals surface area contributed by atoms with E-state index in [-0.39, 0.29) is 55.6 Å². The van der Waals surface area contributed by atoms with Crippen molar-refractivity contribution in [3.05, 3.63) is 106 Å². The summed E-state index contributed by atoms with van der Waals surface area (Å²) in [5.41, 5.74) is 2.41. The first-order valence-electron chi connectivity index (χ1n) is 13.6. The highest BCUT2D eigenvalue weighted by Gasteiger charge is 2.35. The Morgan fingerprint density at radius 2 is 1.50 bits per heavy atom. The Morgan fingerprint density at radius 1 is 0.900 bits per heavy atom. The molecule has 0 saturated heterocycles. The number of hydrogen-bond acceptors (Lipinski definition) is 4. The van der Waals surface area contributed by atoms with Crippen LogP contribution in [0, 0.1) is 0 Å². The van der Waals surface area contributed by atoms with Crippen LogP contribution in [0.25, 0.3) is 0 Å². The number of amides is 4. The molecule has 1 aliphatic rings. The average Bonchev–Trinajstić information content (AvgIpc) is 3.21. The van der Waals surface area contributed by atoms with Crippen LogP contribution in [0.5, 0.6) is 0 Å². The van der Waals surface area contributed by atoms with Gasteiger partial charge in [0.1, 0.15) is 6.04 Å². The highest BCUT2D eigenvalue weighted by Crippen LogP contribution is 2.24. The van der Waals surface area contributed by atoms with Crippen molar-refractivity contribution >= 4 is 35.2 Å². The van der Waals surface area contributed by atoms with Gasteiger partial charge in [-0.25, -0.2) is 0 Å². The maximum Gasteiger partial charge on any atom is 0.261 e. The molecule has 0 radical (unpaired) electrons. The number of rotatable bonds is 12. The van der Waals surface area contributed by atoms with Crippen molar-refractivity contribution in [3.63, 3.8) is 0 Å². The summed E-state index contributed by atoms with van der Waals surface area (Å²) in [6, 6.07) is 22.7. The Balaban J connectivity index is 1.56. The summed E-state index contributed by atoms with van der Waals surface area (Å²) in [5.74, 6) is -1.19. The molecule has 0 bridgehead atoms. The second kappa shape index (κ2) is 13.4. The number of hydrogen-bond donors (Lipinski definition) is 1. The van der Waals surface area contributed by atoms with Gasteiger partial charge in [-0.05, 0) is 49.1 Å². The van der Waals surface area contributed by atoms with E-state index in [1.807, 2.05) is 62.4 Å². The fourth-order valence-electron chi connectivity index (χ4n) is 4.78. The zero-order valence-corrected chi connectivity index (χ0v) is 23.6. The minimum atomic E-state index is -0.778. The van der Waals surface area contributed by atoms with Crippen molar-refractivity contribution in [3.8, 4) is 0 Å². The molecule has 1 heterocycles. The molecule has 0 unspecified atom stereocenters. The number of imide groups is 1. The summed E-state index contributed by atoms with van der Waals surface area (Å²) in [5, 5.41) is 3.55. The minimum absolute atomic E-state index is 0.0553. The largest absolute Gasteiger partial charge is 0.352 e. The molecule has 0 aromatic heterocycles. The number of carbonyl (C=O) groups is 4. The Hall–Kier alpha value is -3.97. The predicted octanol–water partition coefficient (Wildman–Crippen LogP) is 5.27. The molecule has 208 valence electrons. The quantitative estimate of drug-likeness (QED) is 0.306. The first-order valence-corrected chi connectivity index (χ1v) is 14.0. The van der Waals surface area contributed by atoms with E-state index in [1.165, 1.54) is 4.90 Å². The SMILES string of the molecule is CC[C@H](C)NC(=O)[C@H](Cc1ccccc1)N(Cc1ccccc1Cl)C(=O)CCCN1C(=O)c2ccccc2C1=O. The molecule has 0 aliphatic carbocycles. The molecule has 3 aromatic rings. The molecule has 40 heavy (non-hydrogen) atoms. The van der Waals surface area contributed by atoms with Crippen molar-refractivity contribution in [1.82, 2.24) is 15.1 Å². The Labute approximate surface area is 240 Å². The van der Waals surface area contributed by atoms with Crippen LogP contribution >= 0.6 is 11.6 Å². The average molecular weight is 560 g/mol. The zero-order chi connectivity index (χ0) is 28.6. The van der Waals surface area contributed by atoms with E-state index in [9.17, 15) is 19.2 Å². The van der Waals surface area contributed by atoms with Gasteiger partial charge in [-0.15, -0.1) is 0 Å². The van der Waals surface area contributed by atoms with Crippen LogP contribution in [0.3, 0.4) is 0 Å². The van der Waals surface area contributed by atoms with Crippen molar-refractivity contribution in [2.45, 2.75) is 58.2 Å². The molecule has 7 nitrogen and oxygen atoms in total. The normalized spacial score (nSPS) is 14.0. The third-order valence-electron chi connectivity index (χ3n) is 7.22. The smallest absolute Gasteiger partial charge is 0.261 e. The highest BCUT2D eigenvalue weighted by molar-refractivity contribution is 6.31. The monoisotopic (exact) mass is 559 g/mol. The van der Waals surface area contributed by atoms with E-state index in [0.717, 1.165) is 17.5 Å². The fourth-order valence-corrected chi connectivity index (χ4v) is 4.97. The molecule has 2 atom stereocenters. The molecule has 4 amide bonds. The Bertz CT molecular complexity index is 1340. The number of carbonyl (C=O) groups excluding carboxylic acids is 4. The lowest BCUT2D eigenvalue weighted by Crippen LogP contribution is -2.52. The third kappa shape index (κ3) is 6.77. The van der Waals surface area contributed by atoms with Crippen LogP contribution in [0.1, 0.15) is 65.0 Å². The van der Waals surface area contributed by atoms with Gasteiger partial charge in [0.2, 0.25) is 11.8 Å². The lowest BCUT2D eigenvalue weighted by Gasteiger charge is -2.32. The maximum atomic E-state index is 13.8. The second-order valence-electron chi connectivity index (χ2n) is 10.0. The maximum absolute atomic E-state index is 13.8. The van der Waals surface area contributed by atoms with E-state index >= 15 is 0 Å². The van der Waals surface area contributed by atoms with Gasteiger partial charge >= 0.3 is 0 Å². The topological polar surface area (TPSA) is 86.8 Å². The first kappa shape index (κ1) is 29.0. The van der Waals surface area contributed by atoms with E-state index < -0.39 is 6.04 Å². The number of fused-ring (bicyclic) bond motifs is 1.